The number of methoxy groups -OCH3 is 2. The first-order valence-corrected chi connectivity index (χ1v) is 6.73. The third-order valence-electron chi connectivity index (χ3n) is 3.44. The molecule has 0 aliphatic rings. The minimum absolute atomic E-state index is 0.668. The average Bonchev–Trinajstić information content (AvgIpc) is 2.48. The Kier molecular flexibility index (Phi) is 4.31. The van der Waals surface area contributed by atoms with Gasteiger partial charge in [-0.3, -0.25) is 0 Å². The molecule has 5 nitrogen and oxygen atoms in total. The molecule has 2 rings (SSSR count). The Hall–Kier alpha value is -2.30. The van der Waals surface area contributed by atoms with E-state index in [1.165, 1.54) is 0 Å². The van der Waals surface area contributed by atoms with Gasteiger partial charge in [-0.1, -0.05) is 6.07 Å². The minimum atomic E-state index is 0.668. The molecule has 0 amide bonds. The lowest BCUT2D eigenvalue weighted by atomic mass is 10.0. The van der Waals surface area contributed by atoms with Crippen LogP contribution in [-0.2, 0) is 0 Å². The Morgan fingerprint density at radius 3 is 2.00 bits per heavy atom. The van der Waals surface area contributed by atoms with E-state index in [1.54, 1.807) is 14.2 Å². The highest BCUT2D eigenvalue weighted by Crippen LogP contribution is 2.39. The fourth-order valence-electron chi connectivity index (χ4n) is 2.14. The van der Waals surface area contributed by atoms with Crippen molar-refractivity contribution in [2.24, 2.45) is 0 Å². The zero-order chi connectivity index (χ0) is 15.6. The van der Waals surface area contributed by atoms with Crippen LogP contribution < -0.4 is 14.4 Å². The second-order valence-corrected chi connectivity index (χ2v) is 5.01. The molecule has 0 saturated carbocycles. The summed E-state index contributed by atoms with van der Waals surface area (Å²) >= 11 is 0. The third kappa shape index (κ3) is 2.77. The van der Waals surface area contributed by atoms with Crippen molar-refractivity contribution in [1.29, 1.82) is 0 Å². The van der Waals surface area contributed by atoms with E-state index in [4.69, 9.17) is 9.47 Å². The van der Waals surface area contributed by atoms with Crippen LogP contribution in [0.2, 0.25) is 0 Å². The molecule has 0 unspecified atom stereocenters. The van der Waals surface area contributed by atoms with Gasteiger partial charge in [0.15, 0.2) is 0 Å². The molecular formula is C16H21N3O2. The molecule has 0 radical (unpaired) electrons. The molecule has 1 aromatic carbocycles. The Labute approximate surface area is 125 Å². The molecule has 21 heavy (non-hydrogen) atoms. The van der Waals surface area contributed by atoms with Crippen LogP contribution in [0, 0.1) is 13.8 Å². The maximum absolute atomic E-state index is 5.48. The van der Waals surface area contributed by atoms with Crippen LogP contribution in [0.25, 0.3) is 11.3 Å². The van der Waals surface area contributed by atoms with Crippen molar-refractivity contribution >= 4 is 5.95 Å². The smallest absolute Gasteiger partial charge is 0.225 e. The highest BCUT2D eigenvalue weighted by molar-refractivity contribution is 5.77. The number of benzene rings is 1. The molecule has 0 N–H and O–H groups in total. The van der Waals surface area contributed by atoms with Gasteiger partial charge in [0.25, 0.3) is 0 Å². The summed E-state index contributed by atoms with van der Waals surface area (Å²) in [4.78, 5) is 11.1. The highest BCUT2D eigenvalue weighted by Gasteiger charge is 2.19. The second kappa shape index (κ2) is 5.99. The van der Waals surface area contributed by atoms with Gasteiger partial charge in [0, 0.05) is 19.8 Å². The molecule has 2 aromatic rings. The summed E-state index contributed by atoms with van der Waals surface area (Å²) in [6.45, 7) is 3.99. The molecule has 1 heterocycles. The number of hydrogen-bond acceptors (Lipinski definition) is 5. The van der Waals surface area contributed by atoms with E-state index in [9.17, 15) is 0 Å². The van der Waals surface area contributed by atoms with Crippen molar-refractivity contribution < 1.29 is 9.47 Å². The molecule has 5 heteroatoms. The number of nitrogens with zero attached hydrogens (tertiary/aromatic N) is 3. The molecule has 0 saturated heterocycles. The van der Waals surface area contributed by atoms with Crippen molar-refractivity contribution in [2.75, 3.05) is 33.2 Å². The lowest BCUT2D eigenvalue weighted by molar-refractivity contribution is 0.397. The fourth-order valence-corrected chi connectivity index (χ4v) is 2.14. The third-order valence-corrected chi connectivity index (χ3v) is 3.44. The first-order valence-electron chi connectivity index (χ1n) is 6.73. The Morgan fingerprint density at radius 2 is 1.52 bits per heavy atom. The van der Waals surface area contributed by atoms with Crippen LogP contribution in [0.4, 0.5) is 5.95 Å². The molecule has 0 spiro atoms. The summed E-state index contributed by atoms with van der Waals surface area (Å²) in [5.41, 5.74) is 3.65. The molecule has 112 valence electrons. The minimum Gasteiger partial charge on any atom is -0.496 e. The number of ether oxygens (including phenoxy) is 2. The Morgan fingerprint density at radius 1 is 0.952 bits per heavy atom. The van der Waals surface area contributed by atoms with Crippen molar-refractivity contribution in [2.45, 2.75) is 13.8 Å². The topological polar surface area (TPSA) is 47.5 Å². The monoisotopic (exact) mass is 287 g/mol. The van der Waals surface area contributed by atoms with Gasteiger partial charge in [-0.2, -0.15) is 0 Å². The normalized spacial score (nSPS) is 10.4. The predicted octanol–water partition coefficient (Wildman–Crippen LogP) is 2.84. The molecule has 0 bridgehead atoms. The molecule has 0 atom stereocenters. The van der Waals surface area contributed by atoms with Crippen LogP contribution in [0.5, 0.6) is 11.5 Å². The first kappa shape index (κ1) is 15.1. The molecule has 0 fully saturated rings. The summed E-state index contributed by atoms with van der Waals surface area (Å²) in [6.07, 6.45) is 0. The summed E-state index contributed by atoms with van der Waals surface area (Å²) in [6, 6.07) is 5.71. The number of hydrogen-bond donors (Lipinski definition) is 0. The van der Waals surface area contributed by atoms with E-state index >= 15 is 0 Å². The number of rotatable bonds is 4. The fraction of sp³-hybridized carbons (Fsp3) is 0.375. The zero-order valence-electron chi connectivity index (χ0n) is 13.4. The highest BCUT2D eigenvalue weighted by atomic mass is 16.5. The van der Waals surface area contributed by atoms with Gasteiger partial charge in [-0.15, -0.1) is 0 Å². The second-order valence-electron chi connectivity index (χ2n) is 5.01. The van der Waals surface area contributed by atoms with E-state index in [0.717, 1.165) is 34.0 Å². The summed E-state index contributed by atoms with van der Waals surface area (Å²) in [5.74, 6) is 2.14. The molecule has 0 aliphatic carbocycles. The maximum atomic E-state index is 5.48. The van der Waals surface area contributed by atoms with Gasteiger partial charge < -0.3 is 14.4 Å². The van der Waals surface area contributed by atoms with Gasteiger partial charge >= 0.3 is 0 Å². The van der Waals surface area contributed by atoms with Crippen LogP contribution in [-0.4, -0.2) is 38.3 Å². The zero-order valence-corrected chi connectivity index (χ0v) is 13.4. The number of anilines is 1. The predicted molar refractivity (Wildman–Crippen MR) is 84.4 cm³/mol. The van der Waals surface area contributed by atoms with Gasteiger partial charge in [0.05, 0.1) is 25.5 Å². The van der Waals surface area contributed by atoms with E-state index in [2.05, 4.69) is 9.97 Å². The van der Waals surface area contributed by atoms with Crippen LogP contribution in [0.15, 0.2) is 18.2 Å². The summed E-state index contributed by atoms with van der Waals surface area (Å²) < 4.78 is 11.0. The van der Waals surface area contributed by atoms with Crippen molar-refractivity contribution in [1.82, 2.24) is 9.97 Å². The van der Waals surface area contributed by atoms with E-state index < -0.39 is 0 Å². The van der Waals surface area contributed by atoms with Gasteiger partial charge in [0.2, 0.25) is 5.95 Å². The number of aryl methyl sites for hydroxylation is 1. The quantitative estimate of drug-likeness (QED) is 0.865. The van der Waals surface area contributed by atoms with Gasteiger partial charge in [0.1, 0.15) is 11.5 Å². The van der Waals surface area contributed by atoms with Gasteiger partial charge in [-0.05, 0) is 31.5 Å². The summed E-state index contributed by atoms with van der Waals surface area (Å²) in [7, 11) is 7.14. The molecule has 0 aliphatic heterocycles. The van der Waals surface area contributed by atoms with Crippen molar-refractivity contribution in [3.8, 4) is 22.8 Å². The van der Waals surface area contributed by atoms with Crippen molar-refractivity contribution in [3.05, 3.63) is 29.5 Å². The Balaban J connectivity index is 2.77. The largest absolute Gasteiger partial charge is 0.496 e. The average molecular weight is 287 g/mol. The van der Waals surface area contributed by atoms with E-state index in [-0.39, 0.29) is 0 Å². The van der Waals surface area contributed by atoms with Crippen molar-refractivity contribution in [3.63, 3.8) is 0 Å². The van der Waals surface area contributed by atoms with Gasteiger partial charge in [-0.25, -0.2) is 9.97 Å². The number of aromatic nitrogens is 2. The molecule has 1 aromatic heterocycles. The van der Waals surface area contributed by atoms with Crippen LogP contribution in [0.3, 0.4) is 0 Å². The van der Waals surface area contributed by atoms with E-state index in [0.29, 0.717) is 5.95 Å². The van der Waals surface area contributed by atoms with Crippen LogP contribution >= 0.6 is 0 Å². The lowest BCUT2D eigenvalue weighted by Gasteiger charge is -2.18. The lowest BCUT2D eigenvalue weighted by Crippen LogP contribution is -2.14. The SMILES string of the molecule is COc1cccc(OC)c1-c1nc(N(C)C)nc(C)c1C. The maximum Gasteiger partial charge on any atom is 0.225 e. The Bertz CT molecular complexity index is 632. The summed E-state index contributed by atoms with van der Waals surface area (Å²) in [5, 5.41) is 0. The molecular weight excluding hydrogens is 266 g/mol. The van der Waals surface area contributed by atoms with E-state index in [1.807, 2.05) is 51.0 Å². The standard InChI is InChI=1S/C16H21N3O2/c1-10-11(2)17-16(19(3)4)18-15(10)14-12(20-5)8-7-9-13(14)21-6/h7-9H,1-6H3. The van der Waals surface area contributed by atoms with Crippen LogP contribution in [0.1, 0.15) is 11.3 Å². The first-order chi connectivity index (χ1) is 9.99.